The number of nitrogens with zero attached hydrogens (tertiary/aromatic N) is 3. The Morgan fingerprint density at radius 1 is 1.12 bits per heavy atom. The van der Waals surface area contributed by atoms with Crippen molar-refractivity contribution in [2.45, 2.75) is 56.7 Å². The molecule has 0 bridgehead atoms. The van der Waals surface area contributed by atoms with Crippen LogP contribution in [0.15, 0.2) is 4.99 Å². The van der Waals surface area contributed by atoms with Crippen molar-refractivity contribution in [1.29, 1.82) is 0 Å². The molecule has 3 rings (SSSR count). The van der Waals surface area contributed by atoms with Crippen LogP contribution < -0.4 is 5.32 Å². The first-order valence-corrected chi connectivity index (χ1v) is 10.8. The lowest BCUT2D eigenvalue weighted by Crippen LogP contribution is -2.52. The number of nitrogens with one attached hydrogen (secondary N) is 1. The first-order chi connectivity index (χ1) is 11.9. The minimum absolute atomic E-state index is 0.145. The summed E-state index contributed by atoms with van der Waals surface area (Å²) in [6.07, 6.45) is 5.32. The van der Waals surface area contributed by atoms with Gasteiger partial charge in [0.1, 0.15) is 0 Å². The highest BCUT2D eigenvalue weighted by Crippen LogP contribution is 2.52. The van der Waals surface area contributed by atoms with Crippen molar-refractivity contribution in [3.8, 4) is 0 Å². The van der Waals surface area contributed by atoms with E-state index in [1.54, 1.807) is 0 Å². The van der Waals surface area contributed by atoms with Crippen molar-refractivity contribution >= 4 is 16.9 Å². The van der Waals surface area contributed by atoms with Gasteiger partial charge in [-0.1, -0.05) is 18.7 Å². The number of hydrogen-bond donors (Lipinski definition) is 2. The molecule has 2 saturated heterocycles. The fourth-order valence-electron chi connectivity index (χ4n) is 4.42. The van der Waals surface area contributed by atoms with Crippen LogP contribution in [0.3, 0.4) is 0 Å². The Labute approximate surface area is 157 Å². The number of thioether (sulfide) groups is 1. The topological polar surface area (TPSA) is 51.1 Å². The third-order valence-electron chi connectivity index (χ3n) is 6.49. The number of piperazine rings is 1. The van der Waals surface area contributed by atoms with Crippen LogP contribution in [-0.4, -0.2) is 82.8 Å². The van der Waals surface area contributed by atoms with E-state index in [-0.39, 0.29) is 12.1 Å². The summed E-state index contributed by atoms with van der Waals surface area (Å²) in [7, 11) is 0. The van der Waals surface area contributed by atoms with Gasteiger partial charge in [-0.25, -0.2) is 0 Å². The molecule has 144 valence electrons. The van der Waals surface area contributed by atoms with Gasteiger partial charge in [-0.05, 0) is 45.4 Å². The normalized spacial score (nSPS) is 35.4. The van der Waals surface area contributed by atoms with Crippen LogP contribution >= 0.6 is 11.8 Å². The zero-order chi connectivity index (χ0) is 17.9. The van der Waals surface area contributed by atoms with Crippen LogP contribution in [0.1, 0.15) is 46.5 Å². The molecule has 2 N–H and O–H groups in total. The number of rotatable bonds is 5. The molecule has 0 aromatic rings. The van der Waals surface area contributed by atoms with E-state index < -0.39 is 0 Å². The van der Waals surface area contributed by atoms with Gasteiger partial charge in [0.05, 0.1) is 13.2 Å². The van der Waals surface area contributed by atoms with Crippen molar-refractivity contribution in [2.75, 3.05) is 52.4 Å². The van der Waals surface area contributed by atoms with Crippen molar-refractivity contribution in [3.63, 3.8) is 0 Å². The SMILES string of the molecule is CC1CCC2(CC1)SC(=NCCN1CCN(CCO)CC1)NC2(C)C. The average Bonchev–Trinajstić information content (AvgIpc) is 2.82. The van der Waals surface area contributed by atoms with Crippen LogP contribution in [0.2, 0.25) is 0 Å². The number of aliphatic imine (C=N–C) groups is 1. The van der Waals surface area contributed by atoms with E-state index in [9.17, 15) is 0 Å². The quantitative estimate of drug-likeness (QED) is 0.777. The molecule has 3 aliphatic rings. The molecule has 6 heteroatoms. The summed E-state index contributed by atoms with van der Waals surface area (Å²) in [6, 6.07) is 0. The first kappa shape index (κ1) is 19.5. The van der Waals surface area contributed by atoms with Gasteiger partial charge in [-0.3, -0.25) is 14.8 Å². The molecular formula is C19H36N4OS. The maximum Gasteiger partial charge on any atom is 0.157 e. The van der Waals surface area contributed by atoms with Crippen LogP contribution in [0.25, 0.3) is 0 Å². The highest BCUT2D eigenvalue weighted by Gasteiger charge is 2.53. The third kappa shape index (κ3) is 4.52. The van der Waals surface area contributed by atoms with E-state index in [0.717, 1.165) is 51.7 Å². The molecule has 1 spiro atoms. The molecule has 5 nitrogen and oxygen atoms in total. The fourth-order valence-corrected chi connectivity index (χ4v) is 6.00. The van der Waals surface area contributed by atoms with Gasteiger partial charge in [0.25, 0.3) is 0 Å². The second-order valence-corrected chi connectivity index (χ2v) is 9.99. The number of β-amino-alcohol motifs (C(OH)–C–C–N with tert-alkyl or cyclic N) is 1. The number of amidine groups is 1. The summed E-state index contributed by atoms with van der Waals surface area (Å²) in [5.74, 6) is 0.882. The molecule has 3 fully saturated rings. The zero-order valence-corrected chi connectivity index (χ0v) is 17.1. The molecular weight excluding hydrogens is 332 g/mol. The molecule has 0 aromatic carbocycles. The predicted octanol–water partition coefficient (Wildman–Crippen LogP) is 2.02. The smallest absolute Gasteiger partial charge is 0.157 e. The maximum atomic E-state index is 9.03. The lowest BCUT2D eigenvalue weighted by molar-refractivity contribution is 0.115. The zero-order valence-electron chi connectivity index (χ0n) is 16.3. The highest BCUT2D eigenvalue weighted by molar-refractivity contribution is 8.15. The fraction of sp³-hybridized carbons (Fsp3) is 0.947. The minimum atomic E-state index is 0.145. The Kier molecular flexibility index (Phi) is 6.35. The maximum absolute atomic E-state index is 9.03. The molecule has 0 unspecified atom stereocenters. The number of aliphatic hydroxyl groups excluding tert-OH is 1. The number of hydrogen-bond acceptors (Lipinski definition) is 5. The summed E-state index contributed by atoms with van der Waals surface area (Å²) >= 11 is 2.02. The Bertz CT molecular complexity index is 466. The van der Waals surface area contributed by atoms with E-state index in [1.807, 2.05) is 11.8 Å². The van der Waals surface area contributed by atoms with Gasteiger partial charge in [-0.15, -0.1) is 0 Å². The van der Waals surface area contributed by atoms with E-state index in [0.29, 0.717) is 4.75 Å². The van der Waals surface area contributed by atoms with Crippen LogP contribution in [0.4, 0.5) is 0 Å². The molecule has 2 aliphatic heterocycles. The highest BCUT2D eigenvalue weighted by atomic mass is 32.2. The molecule has 0 radical (unpaired) electrons. The van der Waals surface area contributed by atoms with E-state index in [1.165, 1.54) is 30.9 Å². The van der Waals surface area contributed by atoms with Gasteiger partial charge in [-0.2, -0.15) is 0 Å². The van der Waals surface area contributed by atoms with Crippen molar-refractivity contribution in [2.24, 2.45) is 10.9 Å². The third-order valence-corrected chi connectivity index (χ3v) is 8.22. The summed E-state index contributed by atoms with van der Waals surface area (Å²) in [5.41, 5.74) is 0.145. The van der Waals surface area contributed by atoms with Gasteiger partial charge in [0.2, 0.25) is 0 Å². The lowest BCUT2D eigenvalue weighted by atomic mass is 9.73. The minimum Gasteiger partial charge on any atom is -0.395 e. The Balaban J connectivity index is 1.47. The first-order valence-electron chi connectivity index (χ1n) is 10.0. The van der Waals surface area contributed by atoms with Crippen molar-refractivity contribution in [1.82, 2.24) is 15.1 Å². The van der Waals surface area contributed by atoms with Gasteiger partial charge in [0, 0.05) is 49.6 Å². The van der Waals surface area contributed by atoms with E-state index >= 15 is 0 Å². The molecule has 0 aromatic heterocycles. The lowest BCUT2D eigenvalue weighted by Gasteiger charge is -2.43. The largest absolute Gasteiger partial charge is 0.395 e. The molecule has 2 heterocycles. The average molecular weight is 369 g/mol. The Morgan fingerprint density at radius 2 is 1.72 bits per heavy atom. The second kappa shape index (κ2) is 8.15. The summed E-state index contributed by atoms with van der Waals surface area (Å²) < 4.78 is 0.342. The molecule has 0 amide bonds. The summed E-state index contributed by atoms with van der Waals surface area (Å²) in [4.78, 5) is 9.75. The Morgan fingerprint density at radius 3 is 2.32 bits per heavy atom. The summed E-state index contributed by atoms with van der Waals surface area (Å²) in [5, 5.41) is 13.9. The Hall–Kier alpha value is -0.300. The standard InChI is InChI=1S/C19H36N4OS/c1-16-4-6-19(7-5-16)18(2,3)21-17(25-19)20-8-9-22-10-12-23(13-11-22)14-15-24/h16,24H,4-15H2,1-3H3,(H,20,21). The van der Waals surface area contributed by atoms with Gasteiger partial charge < -0.3 is 10.4 Å². The van der Waals surface area contributed by atoms with Gasteiger partial charge in [0.15, 0.2) is 5.17 Å². The molecule has 1 aliphatic carbocycles. The second-order valence-electron chi connectivity index (χ2n) is 8.62. The van der Waals surface area contributed by atoms with E-state index in [4.69, 9.17) is 10.1 Å². The molecule has 25 heavy (non-hydrogen) atoms. The summed E-state index contributed by atoms with van der Waals surface area (Å²) in [6.45, 7) is 14.5. The van der Waals surface area contributed by atoms with E-state index in [2.05, 4.69) is 35.9 Å². The van der Waals surface area contributed by atoms with Crippen molar-refractivity contribution in [3.05, 3.63) is 0 Å². The monoisotopic (exact) mass is 368 g/mol. The van der Waals surface area contributed by atoms with Crippen LogP contribution in [-0.2, 0) is 0 Å². The van der Waals surface area contributed by atoms with Gasteiger partial charge >= 0.3 is 0 Å². The molecule has 0 atom stereocenters. The van der Waals surface area contributed by atoms with Crippen LogP contribution in [0, 0.1) is 5.92 Å². The molecule has 1 saturated carbocycles. The van der Waals surface area contributed by atoms with Crippen molar-refractivity contribution < 1.29 is 5.11 Å². The van der Waals surface area contributed by atoms with Crippen LogP contribution in [0.5, 0.6) is 0 Å². The predicted molar refractivity (Wildman–Crippen MR) is 107 cm³/mol. The number of aliphatic hydroxyl groups is 1.